The first kappa shape index (κ1) is 22.4. The molecule has 0 N–H and O–H groups in total. The molecule has 1 aromatic heterocycles. The van der Waals surface area contributed by atoms with Gasteiger partial charge in [-0.15, -0.1) is 0 Å². The second-order valence-electron chi connectivity index (χ2n) is 7.37. The summed E-state index contributed by atoms with van der Waals surface area (Å²) in [5.74, 6) is 0.541. The van der Waals surface area contributed by atoms with E-state index in [0.29, 0.717) is 20.0 Å². The van der Waals surface area contributed by atoms with Crippen LogP contribution in [0, 0.1) is 3.57 Å². The van der Waals surface area contributed by atoms with Gasteiger partial charge in [0.1, 0.15) is 9.21 Å². The van der Waals surface area contributed by atoms with Gasteiger partial charge in [-0.3, -0.25) is 0 Å². The van der Waals surface area contributed by atoms with E-state index in [4.69, 9.17) is 0 Å². The Morgan fingerprint density at radius 2 is 1.35 bits per heavy atom. The summed E-state index contributed by atoms with van der Waals surface area (Å²) in [5, 5.41) is 0. The van der Waals surface area contributed by atoms with Gasteiger partial charge in [-0.1, -0.05) is 53.7 Å². The molecule has 2 rings (SSSR count). The van der Waals surface area contributed by atoms with Gasteiger partial charge in [0.15, 0.2) is 0 Å². The summed E-state index contributed by atoms with van der Waals surface area (Å²) in [6, 6.07) is 5.92. The van der Waals surface area contributed by atoms with Crippen molar-refractivity contribution in [3.63, 3.8) is 0 Å². The largest absolute Gasteiger partial charge is 0.270 e. The van der Waals surface area contributed by atoms with E-state index in [1.165, 1.54) is 9.54 Å². The summed E-state index contributed by atoms with van der Waals surface area (Å²) in [6.07, 6.45) is 0. The lowest BCUT2D eigenvalue weighted by atomic mass is 9.89. The summed E-state index contributed by atoms with van der Waals surface area (Å²) in [5.41, 5.74) is 2.93. The van der Waals surface area contributed by atoms with Crippen molar-refractivity contribution in [2.24, 2.45) is 0 Å². The summed E-state index contributed by atoms with van der Waals surface area (Å²) in [7, 11) is -3.76. The SMILES string of the molecule is CC(C)c1cc(C(C)C)c(S(=O)(=O)n2c(Br)cc(I)c2Br)c(C(C)C)c1. The van der Waals surface area contributed by atoms with Gasteiger partial charge in [0.05, 0.1) is 4.90 Å². The lowest BCUT2D eigenvalue weighted by molar-refractivity contribution is 0.580. The molecule has 0 aliphatic carbocycles. The first-order chi connectivity index (χ1) is 11.9. The summed E-state index contributed by atoms with van der Waals surface area (Å²) in [6.45, 7) is 12.5. The van der Waals surface area contributed by atoms with Gasteiger partial charge in [-0.05, 0) is 95.0 Å². The van der Waals surface area contributed by atoms with E-state index in [1.807, 2.05) is 27.7 Å². The van der Waals surface area contributed by atoms with Gasteiger partial charge in [0.25, 0.3) is 10.0 Å². The van der Waals surface area contributed by atoms with E-state index in [1.54, 1.807) is 6.07 Å². The number of hydrogen-bond acceptors (Lipinski definition) is 2. The Labute approximate surface area is 187 Å². The molecule has 26 heavy (non-hydrogen) atoms. The molecule has 0 aliphatic rings. The Morgan fingerprint density at radius 1 is 0.885 bits per heavy atom. The molecule has 1 aromatic carbocycles. The number of nitrogens with zero attached hydrogens (tertiary/aromatic N) is 1. The van der Waals surface area contributed by atoms with Gasteiger partial charge in [-0.2, -0.15) is 0 Å². The molecule has 2 aromatic rings. The van der Waals surface area contributed by atoms with E-state index < -0.39 is 10.0 Å². The van der Waals surface area contributed by atoms with Crippen molar-refractivity contribution in [3.05, 3.63) is 47.7 Å². The molecule has 1 heterocycles. The van der Waals surface area contributed by atoms with Gasteiger partial charge in [-0.25, -0.2) is 12.4 Å². The molecule has 3 nitrogen and oxygen atoms in total. The predicted molar refractivity (Wildman–Crippen MR) is 124 cm³/mol. The monoisotopic (exact) mass is 615 g/mol. The molecule has 0 saturated heterocycles. The zero-order valence-corrected chi connectivity index (χ0v) is 21.9. The predicted octanol–water partition coefficient (Wildman–Crippen LogP) is 7.22. The Hall–Kier alpha value is 0.140. The fourth-order valence-electron chi connectivity index (χ4n) is 2.91. The Kier molecular flexibility index (Phi) is 7.12. The maximum Gasteiger partial charge on any atom is 0.270 e. The molecule has 0 spiro atoms. The maximum atomic E-state index is 13.7. The smallest absolute Gasteiger partial charge is 0.220 e. The fraction of sp³-hybridized carbons (Fsp3) is 0.474. The van der Waals surface area contributed by atoms with E-state index in [-0.39, 0.29) is 11.8 Å². The molecular weight excluding hydrogens is 593 g/mol. The average molecular weight is 617 g/mol. The van der Waals surface area contributed by atoms with Crippen LogP contribution in [0.1, 0.15) is 76.0 Å². The van der Waals surface area contributed by atoms with Gasteiger partial charge in [0.2, 0.25) is 0 Å². The standard InChI is InChI=1S/C19H24Br2INO2S/c1-10(2)13-7-14(11(3)4)18(15(8-13)12(5)6)26(24,25)23-17(20)9-16(22)19(23)21/h7-12H,1-6H3. The first-order valence-corrected chi connectivity index (χ1v) is 12.7. The number of aromatic nitrogens is 1. The highest BCUT2D eigenvalue weighted by Gasteiger charge is 2.31. The third-order valence-electron chi connectivity index (χ3n) is 4.39. The molecule has 0 fully saturated rings. The van der Waals surface area contributed by atoms with Crippen LogP contribution in [0.15, 0.2) is 32.3 Å². The van der Waals surface area contributed by atoms with E-state index in [9.17, 15) is 8.42 Å². The molecule has 0 unspecified atom stereocenters. The first-order valence-electron chi connectivity index (χ1n) is 8.55. The van der Waals surface area contributed by atoms with E-state index in [2.05, 4.69) is 80.4 Å². The second kappa shape index (κ2) is 8.25. The number of benzene rings is 1. The average Bonchev–Trinajstić information content (AvgIpc) is 2.78. The second-order valence-corrected chi connectivity index (χ2v) is 11.8. The van der Waals surface area contributed by atoms with Crippen molar-refractivity contribution < 1.29 is 8.42 Å². The van der Waals surface area contributed by atoms with Crippen LogP contribution in [0.5, 0.6) is 0 Å². The zero-order valence-electron chi connectivity index (χ0n) is 15.8. The fourth-order valence-corrected chi connectivity index (χ4v) is 8.09. The van der Waals surface area contributed by atoms with Crippen LogP contribution in [0.3, 0.4) is 0 Å². The van der Waals surface area contributed by atoms with Crippen LogP contribution >= 0.6 is 54.5 Å². The minimum atomic E-state index is -3.76. The van der Waals surface area contributed by atoms with E-state index >= 15 is 0 Å². The molecular formula is C19H24Br2INO2S. The summed E-state index contributed by atoms with van der Waals surface area (Å²) >= 11 is 8.98. The van der Waals surface area contributed by atoms with Crippen LogP contribution in [0.4, 0.5) is 0 Å². The lowest BCUT2D eigenvalue weighted by Crippen LogP contribution is -2.19. The highest BCUT2D eigenvalue weighted by molar-refractivity contribution is 14.1. The van der Waals surface area contributed by atoms with Gasteiger partial charge >= 0.3 is 0 Å². The van der Waals surface area contributed by atoms with Crippen molar-refractivity contribution in [2.75, 3.05) is 0 Å². The Balaban J connectivity index is 2.95. The summed E-state index contributed by atoms with van der Waals surface area (Å²) in [4.78, 5) is 0.431. The molecule has 0 saturated carbocycles. The lowest BCUT2D eigenvalue weighted by Gasteiger charge is -2.23. The molecule has 0 amide bonds. The highest BCUT2D eigenvalue weighted by atomic mass is 127. The van der Waals surface area contributed by atoms with Crippen molar-refractivity contribution in [1.29, 1.82) is 0 Å². The summed E-state index contributed by atoms with van der Waals surface area (Å²) < 4.78 is 30.7. The number of rotatable bonds is 5. The van der Waals surface area contributed by atoms with Crippen molar-refractivity contribution in [3.8, 4) is 0 Å². The van der Waals surface area contributed by atoms with Crippen molar-refractivity contribution in [1.82, 2.24) is 3.97 Å². The Morgan fingerprint density at radius 3 is 1.65 bits per heavy atom. The van der Waals surface area contributed by atoms with Crippen molar-refractivity contribution in [2.45, 2.75) is 64.2 Å². The number of hydrogen-bond donors (Lipinski definition) is 0. The van der Waals surface area contributed by atoms with Crippen LogP contribution < -0.4 is 0 Å². The molecule has 7 heteroatoms. The van der Waals surface area contributed by atoms with Crippen molar-refractivity contribution >= 4 is 64.5 Å². The third-order valence-corrected chi connectivity index (χ3v) is 9.64. The van der Waals surface area contributed by atoms with Crippen LogP contribution in [0.2, 0.25) is 0 Å². The minimum absolute atomic E-state index is 0.100. The Bertz CT molecular complexity index is 902. The molecule has 0 bridgehead atoms. The highest BCUT2D eigenvalue weighted by Crippen LogP contribution is 2.39. The molecule has 0 radical (unpaired) electrons. The normalized spacial score (nSPS) is 12.6. The quantitative estimate of drug-likeness (QED) is 0.333. The van der Waals surface area contributed by atoms with Crippen LogP contribution in [-0.4, -0.2) is 12.4 Å². The topological polar surface area (TPSA) is 39.1 Å². The third kappa shape index (κ3) is 4.10. The maximum absolute atomic E-state index is 13.7. The van der Waals surface area contributed by atoms with Crippen LogP contribution in [0.25, 0.3) is 0 Å². The molecule has 0 atom stereocenters. The van der Waals surface area contributed by atoms with Gasteiger partial charge in [0, 0.05) is 3.57 Å². The minimum Gasteiger partial charge on any atom is -0.220 e. The van der Waals surface area contributed by atoms with Gasteiger partial charge < -0.3 is 0 Å². The zero-order chi connectivity index (χ0) is 20.0. The number of halogens is 3. The van der Waals surface area contributed by atoms with Crippen LogP contribution in [-0.2, 0) is 10.0 Å². The molecule has 144 valence electrons. The van der Waals surface area contributed by atoms with E-state index in [0.717, 1.165) is 14.7 Å². The molecule has 0 aliphatic heterocycles.